The van der Waals surface area contributed by atoms with Crippen LogP contribution in [0.15, 0.2) is 60.8 Å². The Hall–Kier alpha value is -2.35. The average molecular weight is 248 g/mol. The zero-order valence-electron chi connectivity index (χ0n) is 11.2. The van der Waals surface area contributed by atoms with Crippen LogP contribution in [0.2, 0.25) is 0 Å². The van der Waals surface area contributed by atoms with Crippen LogP contribution in [0.3, 0.4) is 0 Å². The first-order valence-corrected chi connectivity index (χ1v) is 6.43. The van der Waals surface area contributed by atoms with Crippen molar-refractivity contribution in [2.24, 2.45) is 0 Å². The molecular formula is C17H16N2. The van der Waals surface area contributed by atoms with Crippen LogP contribution in [0.25, 0.3) is 16.9 Å². The van der Waals surface area contributed by atoms with E-state index in [9.17, 15) is 0 Å². The van der Waals surface area contributed by atoms with E-state index in [0.29, 0.717) is 0 Å². The molecule has 0 N–H and O–H groups in total. The van der Waals surface area contributed by atoms with Crippen molar-refractivity contribution in [3.05, 3.63) is 71.9 Å². The van der Waals surface area contributed by atoms with Crippen molar-refractivity contribution in [1.82, 2.24) is 9.78 Å². The maximum absolute atomic E-state index is 4.47. The summed E-state index contributed by atoms with van der Waals surface area (Å²) in [6, 6.07) is 18.9. The maximum atomic E-state index is 4.47. The molecule has 0 spiro atoms. The third-order valence-corrected chi connectivity index (χ3v) is 3.30. The molecule has 0 radical (unpaired) electrons. The third kappa shape index (κ3) is 2.17. The Morgan fingerprint density at radius 2 is 1.74 bits per heavy atom. The fourth-order valence-electron chi connectivity index (χ4n) is 2.32. The molecular weight excluding hydrogens is 232 g/mol. The highest BCUT2D eigenvalue weighted by Gasteiger charge is 2.08. The van der Waals surface area contributed by atoms with E-state index in [2.05, 4.69) is 67.5 Å². The van der Waals surface area contributed by atoms with Gasteiger partial charge in [-0.15, -0.1) is 0 Å². The minimum absolute atomic E-state index is 1.12. The molecule has 0 aliphatic carbocycles. The van der Waals surface area contributed by atoms with Crippen molar-refractivity contribution in [2.75, 3.05) is 0 Å². The molecule has 0 amide bonds. The highest BCUT2D eigenvalue weighted by atomic mass is 15.3. The van der Waals surface area contributed by atoms with Gasteiger partial charge in [0.15, 0.2) is 0 Å². The Kier molecular flexibility index (Phi) is 2.92. The van der Waals surface area contributed by atoms with Gasteiger partial charge in [0.25, 0.3) is 0 Å². The van der Waals surface area contributed by atoms with E-state index in [1.165, 1.54) is 16.7 Å². The van der Waals surface area contributed by atoms with Crippen molar-refractivity contribution in [1.29, 1.82) is 0 Å². The van der Waals surface area contributed by atoms with Crippen molar-refractivity contribution in [3.8, 4) is 16.9 Å². The Morgan fingerprint density at radius 3 is 2.53 bits per heavy atom. The topological polar surface area (TPSA) is 17.8 Å². The zero-order valence-corrected chi connectivity index (χ0v) is 11.2. The number of hydrogen-bond donors (Lipinski definition) is 0. The second kappa shape index (κ2) is 4.73. The fraction of sp³-hybridized carbons (Fsp3) is 0.118. The van der Waals surface area contributed by atoms with E-state index in [-0.39, 0.29) is 0 Å². The molecule has 2 aromatic carbocycles. The Balaban J connectivity index is 2.16. The molecule has 94 valence electrons. The summed E-state index contributed by atoms with van der Waals surface area (Å²) < 4.78 is 2.00. The minimum Gasteiger partial charge on any atom is -0.233 e. The van der Waals surface area contributed by atoms with Crippen LogP contribution in [-0.4, -0.2) is 9.78 Å². The molecule has 2 nitrogen and oxygen atoms in total. The summed E-state index contributed by atoms with van der Waals surface area (Å²) in [5.41, 5.74) is 5.93. The van der Waals surface area contributed by atoms with Crippen molar-refractivity contribution < 1.29 is 0 Å². The molecule has 0 saturated carbocycles. The lowest BCUT2D eigenvalue weighted by atomic mass is 10.1. The fourth-order valence-corrected chi connectivity index (χ4v) is 2.32. The molecule has 0 aliphatic rings. The largest absolute Gasteiger partial charge is 0.233 e. The smallest absolute Gasteiger partial charge is 0.0741 e. The van der Waals surface area contributed by atoms with Crippen LogP contribution < -0.4 is 0 Å². The number of aromatic nitrogens is 2. The summed E-state index contributed by atoms with van der Waals surface area (Å²) in [6.07, 6.45) is 1.85. The van der Waals surface area contributed by atoms with Crippen molar-refractivity contribution in [2.45, 2.75) is 13.8 Å². The number of aryl methyl sites for hydroxylation is 2. The summed E-state index contributed by atoms with van der Waals surface area (Å²) >= 11 is 0. The van der Waals surface area contributed by atoms with Gasteiger partial charge in [-0.2, -0.15) is 5.10 Å². The standard InChI is InChI=1S/C17H16N2/c1-13-6-5-8-15(12-13)17-10-11-18-19(17)16-9-4-3-7-14(16)2/h3-12H,1-2H3. The third-order valence-electron chi connectivity index (χ3n) is 3.30. The number of para-hydroxylation sites is 1. The van der Waals surface area contributed by atoms with Gasteiger partial charge in [-0.05, 0) is 37.6 Å². The maximum Gasteiger partial charge on any atom is 0.0741 e. The summed E-state index contributed by atoms with van der Waals surface area (Å²) in [5.74, 6) is 0. The van der Waals surface area contributed by atoms with Crippen LogP contribution in [-0.2, 0) is 0 Å². The van der Waals surface area contributed by atoms with Gasteiger partial charge >= 0.3 is 0 Å². The molecule has 3 rings (SSSR count). The quantitative estimate of drug-likeness (QED) is 0.666. The first kappa shape index (κ1) is 11.7. The molecule has 1 aromatic heterocycles. The molecule has 0 saturated heterocycles. The first-order chi connectivity index (χ1) is 9.25. The van der Waals surface area contributed by atoms with E-state index in [0.717, 1.165) is 11.4 Å². The first-order valence-electron chi connectivity index (χ1n) is 6.43. The number of hydrogen-bond acceptors (Lipinski definition) is 1. The van der Waals surface area contributed by atoms with Gasteiger partial charge in [-0.25, -0.2) is 4.68 Å². The molecule has 3 aromatic rings. The summed E-state index contributed by atoms with van der Waals surface area (Å²) in [4.78, 5) is 0. The van der Waals surface area contributed by atoms with Crippen LogP contribution in [0.1, 0.15) is 11.1 Å². The van der Waals surface area contributed by atoms with E-state index in [1.807, 2.05) is 16.9 Å². The number of benzene rings is 2. The molecule has 0 bridgehead atoms. The van der Waals surface area contributed by atoms with Crippen LogP contribution in [0.4, 0.5) is 0 Å². The van der Waals surface area contributed by atoms with E-state index in [1.54, 1.807) is 0 Å². The van der Waals surface area contributed by atoms with Gasteiger partial charge in [0.2, 0.25) is 0 Å². The van der Waals surface area contributed by atoms with Crippen LogP contribution >= 0.6 is 0 Å². The second-order valence-corrected chi connectivity index (χ2v) is 4.78. The SMILES string of the molecule is Cc1cccc(-c2ccnn2-c2ccccc2C)c1. The van der Waals surface area contributed by atoms with Gasteiger partial charge in [0.05, 0.1) is 17.6 Å². The highest BCUT2D eigenvalue weighted by Crippen LogP contribution is 2.24. The summed E-state index contributed by atoms with van der Waals surface area (Å²) in [7, 11) is 0. The average Bonchev–Trinajstić information content (AvgIpc) is 2.88. The predicted octanol–water partition coefficient (Wildman–Crippen LogP) is 4.16. The van der Waals surface area contributed by atoms with Crippen molar-refractivity contribution >= 4 is 0 Å². The number of rotatable bonds is 2. The predicted molar refractivity (Wildman–Crippen MR) is 78.5 cm³/mol. The van der Waals surface area contributed by atoms with Crippen LogP contribution in [0, 0.1) is 13.8 Å². The molecule has 19 heavy (non-hydrogen) atoms. The lowest BCUT2D eigenvalue weighted by Crippen LogP contribution is -2.00. The molecule has 1 heterocycles. The second-order valence-electron chi connectivity index (χ2n) is 4.78. The normalized spacial score (nSPS) is 10.6. The lowest BCUT2D eigenvalue weighted by molar-refractivity contribution is 0.880. The minimum atomic E-state index is 1.12. The Labute approximate surface area is 113 Å². The van der Waals surface area contributed by atoms with Gasteiger partial charge in [0, 0.05) is 5.56 Å². The van der Waals surface area contributed by atoms with Gasteiger partial charge in [0.1, 0.15) is 0 Å². The Morgan fingerprint density at radius 1 is 0.895 bits per heavy atom. The zero-order chi connectivity index (χ0) is 13.2. The van der Waals surface area contributed by atoms with Gasteiger partial charge in [-0.1, -0.05) is 42.0 Å². The molecule has 0 fully saturated rings. The summed E-state index contributed by atoms with van der Waals surface area (Å²) in [5, 5.41) is 4.47. The molecule has 0 unspecified atom stereocenters. The van der Waals surface area contributed by atoms with E-state index >= 15 is 0 Å². The Bertz CT molecular complexity index is 711. The molecule has 0 aliphatic heterocycles. The monoisotopic (exact) mass is 248 g/mol. The summed E-state index contributed by atoms with van der Waals surface area (Å²) in [6.45, 7) is 4.22. The highest BCUT2D eigenvalue weighted by molar-refractivity contribution is 5.63. The lowest BCUT2D eigenvalue weighted by Gasteiger charge is -2.10. The van der Waals surface area contributed by atoms with Gasteiger partial charge < -0.3 is 0 Å². The molecule has 0 atom stereocenters. The van der Waals surface area contributed by atoms with Crippen LogP contribution in [0.5, 0.6) is 0 Å². The van der Waals surface area contributed by atoms with Gasteiger partial charge in [-0.3, -0.25) is 0 Å². The van der Waals surface area contributed by atoms with Crippen molar-refractivity contribution in [3.63, 3.8) is 0 Å². The van der Waals surface area contributed by atoms with E-state index < -0.39 is 0 Å². The number of nitrogens with zero attached hydrogens (tertiary/aromatic N) is 2. The molecule has 2 heteroatoms. The van der Waals surface area contributed by atoms with E-state index in [4.69, 9.17) is 0 Å².